The highest BCUT2D eigenvalue weighted by molar-refractivity contribution is 9.10. The molecule has 1 N–H and O–H groups in total. The molecular formula is C20H18BrNO2. The van der Waals surface area contributed by atoms with Gasteiger partial charge in [0.15, 0.2) is 6.10 Å². The van der Waals surface area contributed by atoms with Crippen molar-refractivity contribution in [2.45, 2.75) is 19.4 Å². The van der Waals surface area contributed by atoms with Gasteiger partial charge in [0.2, 0.25) is 0 Å². The minimum Gasteiger partial charge on any atom is -0.480 e. The molecule has 0 spiro atoms. The molecule has 0 unspecified atom stereocenters. The minimum absolute atomic E-state index is 0.155. The van der Waals surface area contributed by atoms with Crippen LogP contribution >= 0.6 is 15.9 Å². The molecule has 0 saturated carbocycles. The van der Waals surface area contributed by atoms with Crippen molar-refractivity contribution in [2.24, 2.45) is 0 Å². The van der Waals surface area contributed by atoms with Crippen LogP contribution in [0.4, 0.5) is 5.69 Å². The summed E-state index contributed by atoms with van der Waals surface area (Å²) in [7, 11) is 0. The van der Waals surface area contributed by atoms with E-state index in [-0.39, 0.29) is 5.91 Å². The third kappa shape index (κ3) is 3.60. The van der Waals surface area contributed by atoms with E-state index >= 15 is 0 Å². The Kier molecular flexibility index (Phi) is 5.16. The predicted octanol–water partition coefficient (Wildman–Crippen LogP) is 5.40. The number of amides is 1. The van der Waals surface area contributed by atoms with Gasteiger partial charge in [-0.1, -0.05) is 55.5 Å². The normalized spacial score (nSPS) is 11.9. The molecule has 0 heterocycles. The van der Waals surface area contributed by atoms with Crippen LogP contribution in [0.1, 0.15) is 13.3 Å². The molecule has 0 aliphatic heterocycles. The zero-order valence-corrected chi connectivity index (χ0v) is 14.9. The van der Waals surface area contributed by atoms with Gasteiger partial charge in [0.05, 0.1) is 5.69 Å². The van der Waals surface area contributed by atoms with Gasteiger partial charge in [-0.3, -0.25) is 4.79 Å². The number of rotatable bonds is 5. The molecule has 0 fully saturated rings. The molecule has 0 aromatic heterocycles. The fraction of sp³-hybridized carbons (Fsp3) is 0.150. The molecule has 0 aliphatic rings. The first kappa shape index (κ1) is 16.5. The molecule has 3 aromatic rings. The Morgan fingerprint density at radius 1 is 1.04 bits per heavy atom. The van der Waals surface area contributed by atoms with Gasteiger partial charge in [-0.15, -0.1) is 0 Å². The average Bonchev–Trinajstić information content (AvgIpc) is 2.61. The molecule has 24 heavy (non-hydrogen) atoms. The maximum absolute atomic E-state index is 12.6. The Hall–Kier alpha value is -2.33. The number of ether oxygens (including phenoxy) is 1. The van der Waals surface area contributed by atoms with Crippen LogP contribution in [0.3, 0.4) is 0 Å². The summed E-state index contributed by atoms with van der Waals surface area (Å²) in [5.74, 6) is 0.569. The summed E-state index contributed by atoms with van der Waals surface area (Å²) in [5.41, 5.74) is 0.738. The van der Waals surface area contributed by atoms with E-state index in [1.54, 1.807) is 0 Å². The zero-order valence-electron chi connectivity index (χ0n) is 13.3. The number of anilines is 1. The standard InChI is InChI=1S/C20H18BrNO2/c1-2-18(20(23)22-17-12-6-5-11-16(17)21)24-19-13-7-9-14-8-3-4-10-15(14)19/h3-13,18H,2H2,1H3,(H,22,23)/t18-/m0/s1. The highest BCUT2D eigenvalue weighted by Gasteiger charge is 2.20. The number of nitrogens with one attached hydrogen (secondary N) is 1. The lowest BCUT2D eigenvalue weighted by molar-refractivity contribution is -0.122. The van der Waals surface area contributed by atoms with Gasteiger partial charge in [0.25, 0.3) is 5.91 Å². The summed E-state index contributed by atoms with van der Waals surface area (Å²) in [6, 6.07) is 21.4. The van der Waals surface area contributed by atoms with Crippen molar-refractivity contribution in [2.75, 3.05) is 5.32 Å². The molecule has 122 valence electrons. The van der Waals surface area contributed by atoms with E-state index in [1.807, 2.05) is 73.7 Å². The molecular weight excluding hydrogens is 366 g/mol. The Morgan fingerprint density at radius 2 is 1.75 bits per heavy atom. The number of carbonyl (C=O) groups excluding carboxylic acids is 1. The van der Waals surface area contributed by atoms with E-state index < -0.39 is 6.10 Å². The number of benzene rings is 3. The summed E-state index contributed by atoms with van der Waals surface area (Å²) in [5, 5.41) is 5.02. The van der Waals surface area contributed by atoms with Crippen LogP contribution in [-0.4, -0.2) is 12.0 Å². The second kappa shape index (κ2) is 7.49. The van der Waals surface area contributed by atoms with Gasteiger partial charge in [-0.25, -0.2) is 0 Å². The lowest BCUT2D eigenvalue weighted by atomic mass is 10.1. The Bertz CT molecular complexity index is 858. The topological polar surface area (TPSA) is 38.3 Å². The SMILES string of the molecule is CC[C@H](Oc1cccc2ccccc12)C(=O)Nc1ccccc1Br. The third-order valence-electron chi connectivity index (χ3n) is 3.81. The Labute approximate surface area is 149 Å². The molecule has 0 bridgehead atoms. The molecule has 0 aliphatic carbocycles. The number of para-hydroxylation sites is 1. The number of hydrogen-bond donors (Lipinski definition) is 1. The first-order valence-corrected chi connectivity index (χ1v) is 8.68. The van der Waals surface area contributed by atoms with Gasteiger partial charge in [-0.2, -0.15) is 0 Å². The van der Waals surface area contributed by atoms with Crippen LogP contribution in [0, 0.1) is 0 Å². The van der Waals surface area contributed by atoms with E-state index in [2.05, 4.69) is 21.2 Å². The van der Waals surface area contributed by atoms with Crippen LogP contribution in [0.2, 0.25) is 0 Å². The van der Waals surface area contributed by atoms with Crippen molar-refractivity contribution in [3.63, 3.8) is 0 Å². The summed E-state index contributed by atoms with van der Waals surface area (Å²) in [6.07, 6.45) is 0.0300. The van der Waals surface area contributed by atoms with Crippen molar-refractivity contribution < 1.29 is 9.53 Å². The second-order valence-electron chi connectivity index (χ2n) is 5.46. The Morgan fingerprint density at radius 3 is 2.54 bits per heavy atom. The summed E-state index contributed by atoms with van der Waals surface area (Å²) >= 11 is 3.44. The maximum Gasteiger partial charge on any atom is 0.265 e. The fourth-order valence-electron chi connectivity index (χ4n) is 2.55. The van der Waals surface area contributed by atoms with Crippen LogP contribution in [0.15, 0.2) is 71.2 Å². The minimum atomic E-state index is -0.553. The predicted molar refractivity (Wildman–Crippen MR) is 101 cm³/mol. The van der Waals surface area contributed by atoms with Gasteiger partial charge in [0, 0.05) is 9.86 Å². The van der Waals surface area contributed by atoms with Crippen molar-refractivity contribution in [3.05, 3.63) is 71.2 Å². The van der Waals surface area contributed by atoms with Crippen molar-refractivity contribution in [3.8, 4) is 5.75 Å². The van der Waals surface area contributed by atoms with Gasteiger partial charge in [0.1, 0.15) is 5.75 Å². The zero-order chi connectivity index (χ0) is 16.9. The first-order chi connectivity index (χ1) is 11.7. The van der Waals surface area contributed by atoms with Crippen molar-refractivity contribution in [1.29, 1.82) is 0 Å². The highest BCUT2D eigenvalue weighted by atomic mass is 79.9. The van der Waals surface area contributed by atoms with Gasteiger partial charge in [-0.05, 0) is 45.9 Å². The number of halogens is 1. The van der Waals surface area contributed by atoms with Gasteiger partial charge < -0.3 is 10.1 Å². The molecule has 3 nitrogen and oxygen atoms in total. The van der Waals surface area contributed by atoms with E-state index in [9.17, 15) is 4.79 Å². The number of carbonyl (C=O) groups is 1. The molecule has 0 radical (unpaired) electrons. The third-order valence-corrected chi connectivity index (χ3v) is 4.51. The van der Waals surface area contributed by atoms with Crippen molar-refractivity contribution >= 4 is 38.3 Å². The van der Waals surface area contributed by atoms with E-state index in [1.165, 1.54) is 0 Å². The van der Waals surface area contributed by atoms with E-state index in [4.69, 9.17) is 4.74 Å². The fourth-order valence-corrected chi connectivity index (χ4v) is 2.93. The molecule has 4 heteroatoms. The average molecular weight is 384 g/mol. The summed E-state index contributed by atoms with van der Waals surface area (Å²) in [6.45, 7) is 1.94. The molecule has 3 aromatic carbocycles. The van der Waals surface area contributed by atoms with E-state index in [0.29, 0.717) is 6.42 Å². The van der Waals surface area contributed by atoms with Crippen LogP contribution < -0.4 is 10.1 Å². The molecule has 3 rings (SSSR count). The molecule has 1 amide bonds. The summed E-state index contributed by atoms with van der Waals surface area (Å²) in [4.78, 5) is 12.6. The molecule has 0 saturated heterocycles. The quantitative estimate of drug-likeness (QED) is 0.640. The van der Waals surface area contributed by atoms with E-state index in [0.717, 1.165) is 26.7 Å². The maximum atomic E-state index is 12.6. The lowest BCUT2D eigenvalue weighted by Gasteiger charge is -2.19. The Balaban J connectivity index is 1.81. The molecule has 1 atom stereocenters. The smallest absolute Gasteiger partial charge is 0.265 e. The summed E-state index contributed by atoms with van der Waals surface area (Å²) < 4.78 is 6.87. The first-order valence-electron chi connectivity index (χ1n) is 7.89. The monoisotopic (exact) mass is 383 g/mol. The van der Waals surface area contributed by atoms with Crippen LogP contribution in [0.5, 0.6) is 5.75 Å². The lowest BCUT2D eigenvalue weighted by Crippen LogP contribution is -2.32. The second-order valence-corrected chi connectivity index (χ2v) is 6.32. The van der Waals surface area contributed by atoms with Gasteiger partial charge >= 0.3 is 0 Å². The van der Waals surface area contributed by atoms with Crippen molar-refractivity contribution in [1.82, 2.24) is 0 Å². The highest BCUT2D eigenvalue weighted by Crippen LogP contribution is 2.27. The van der Waals surface area contributed by atoms with Crippen LogP contribution in [-0.2, 0) is 4.79 Å². The largest absolute Gasteiger partial charge is 0.480 e. The number of fused-ring (bicyclic) bond motifs is 1. The number of hydrogen-bond acceptors (Lipinski definition) is 2. The van der Waals surface area contributed by atoms with Crippen LogP contribution in [0.25, 0.3) is 10.8 Å².